The number of thioether (sulfide) groups is 1. The Morgan fingerprint density at radius 2 is 1.84 bits per heavy atom. The molecule has 1 N–H and O–H groups in total. The van der Waals surface area contributed by atoms with Gasteiger partial charge in [-0.1, -0.05) is 54.2 Å². The minimum absolute atomic E-state index is 0.0746. The molecule has 0 saturated heterocycles. The van der Waals surface area contributed by atoms with E-state index in [1.807, 2.05) is 78.2 Å². The average molecular weight is 446 g/mol. The zero-order chi connectivity index (χ0) is 22.2. The van der Waals surface area contributed by atoms with E-state index in [1.165, 1.54) is 11.8 Å². The van der Waals surface area contributed by atoms with Crippen molar-refractivity contribution in [3.63, 3.8) is 0 Å². The molecule has 0 atom stereocenters. The van der Waals surface area contributed by atoms with Crippen LogP contribution in [-0.2, 0) is 11.3 Å². The van der Waals surface area contributed by atoms with Gasteiger partial charge in [-0.05, 0) is 36.8 Å². The van der Waals surface area contributed by atoms with Crippen LogP contribution in [-0.4, -0.2) is 38.0 Å². The molecular formula is C24H23N5O2S. The van der Waals surface area contributed by atoms with Crippen molar-refractivity contribution in [2.24, 2.45) is 0 Å². The zero-order valence-corrected chi connectivity index (χ0v) is 18.5. The van der Waals surface area contributed by atoms with Crippen LogP contribution >= 0.6 is 11.8 Å². The van der Waals surface area contributed by atoms with Crippen LogP contribution in [0.15, 0.2) is 84.3 Å². The van der Waals surface area contributed by atoms with Gasteiger partial charge in [-0.3, -0.25) is 14.3 Å². The molecule has 0 fully saturated rings. The van der Waals surface area contributed by atoms with Crippen molar-refractivity contribution in [1.29, 1.82) is 0 Å². The summed E-state index contributed by atoms with van der Waals surface area (Å²) >= 11 is 1.33. The Labute approximate surface area is 190 Å². The fraction of sp³-hybridized carbons (Fsp3) is 0.167. The number of nitrogens with zero attached hydrogens (tertiary/aromatic N) is 4. The van der Waals surface area contributed by atoms with Crippen molar-refractivity contribution in [3.8, 4) is 22.8 Å². The van der Waals surface area contributed by atoms with Gasteiger partial charge in [-0.2, -0.15) is 0 Å². The molecule has 1 amide bonds. The fourth-order valence-corrected chi connectivity index (χ4v) is 3.93. The topological polar surface area (TPSA) is 81.9 Å². The summed E-state index contributed by atoms with van der Waals surface area (Å²) in [6.45, 7) is 2.96. The SMILES string of the molecule is CCOc1ccccc1-n1c(SCC(=O)NCc2ccccc2)nnc1-c1cccnc1. The lowest BCUT2D eigenvalue weighted by molar-refractivity contribution is -0.118. The highest BCUT2D eigenvalue weighted by Crippen LogP contribution is 2.32. The maximum Gasteiger partial charge on any atom is 0.230 e. The second-order valence-electron chi connectivity index (χ2n) is 6.84. The highest BCUT2D eigenvalue weighted by Gasteiger charge is 2.20. The molecular weight excluding hydrogens is 422 g/mol. The first-order chi connectivity index (χ1) is 15.8. The first kappa shape index (κ1) is 21.6. The second-order valence-corrected chi connectivity index (χ2v) is 7.78. The number of para-hydroxylation sites is 2. The molecule has 0 aliphatic rings. The van der Waals surface area contributed by atoms with Crippen LogP contribution in [0.25, 0.3) is 17.1 Å². The highest BCUT2D eigenvalue weighted by atomic mass is 32.2. The van der Waals surface area contributed by atoms with E-state index < -0.39 is 0 Å². The zero-order valence-electron chi connectivity index (χ0n) is 17.6. The van der Waals surface area contributed by atoms with Gasteiger partial charge in [-0.25, -0.2) is 0 Å². The van der Waals surface area contributed by atoms with Crippen molar-refractivity contribution in [2.45, 2.75) is 18.6 Å². The summed E-state index contributed by atoms with van der Waals surface area (Å²) in [7, 11) is 0. The number of aromatic nitrogens is 4. The number of rotatable bonds is 9. The lowest BCUT2D eigenvalue weighted by Crippen LogP contribution is -2.24. The van der Waals surface area contributed by atoms with Crippen molar-refractivity contribution < 1.29 is 9.53 Å². The predicted octanol–water partition coefficient (Wildman–Crippen LogP) is 4.14. The molecule has 0 spiro atoms. The summed E-state index contributed by atoms with van der Waals surface area (Å²) in [6, 6.07) is 21.3. The van der Waals surface area contributed by atoms with Crippen molar-refractivity contribution >= 4 is 17.7 Å². The Morgan fingerprint density at radius 3 is 2.62 bits per heavy atom. The number of amides is 1. The number of benzene rings is 2. The van der Waals surface area contributed by atoms with Gasteiger partial charge in [0.1, 0.15) is 5.75 Å². The molecule has 0 radical (unpaired) electrons. The predicted molar refractivity (Wildman–Crippen MR) is 125 cm³/mol. The maximum atomic E-state index is 12.5. The third kappa shape index (κ3) is 5.15. The Morgan fingerprint density at radius 1 is 1.03 bits per heavy atom. The third-order valence-electron chi connectivity index (χ3n) is 4.62. The second kappa shape index (κ2) is 10.6. The number of hydrogen-bond donors (Lipinski definition) is 1. The van der Waals surface area contributed by atoms with E-state index in [0.29, 0.717) is 24.1 Å². The first-order valence-corrected chi connectivity index (χ1v) is 11.3. The normalized spacial score (nSPS) is 10.7. The average Bonchev–Trinajstić information content (AvgIpc) is 3.27. The molecule has 4 aromatic rings. The Balaban J connectivity index is 1.58. The maximum absolute atomic E-state index is 12.5. The number of ether oxygens (including phenoxy) is 1. The molecule has 2 aromatic heterocycles. The Bertz CT molecular complexity index is 1170. The smallest absolute Gasteiger partial charge is 0.230 e. The van der Waals surface area contributed by atoms with Gasteiger partial charge in [-0.15, -0.1) is 10.2 Å². The first-order valence-electron chi connectivity index (χ1n) is 10.3. The van der Waals surface area contributed by atoms with E-state index >= 15 is 0 Å². The van der Waals surface area contributed by atoms with Gasteiger partial charge in [0.15, 0.2) is 11.0 Å². The van der Waals surface area contributed by atoms with Crippen LogP contribution in [0.1, 0.15) is 12.5 Å². The van der Waals surface area contributed by atoms with E-state index in [-0.39, 0.29) is 11.7 Å². The van der Waals surface area contributed by atoms with E-state index in [2.05, 4.69) is 20.5 Å². The quantitative estimate of drug-likeness (QED) is 0.390. The van der Waals surface area contributed by atoms with Crippen LogP contribution in [0.5, 0.6) is 5.75 Å². The fourth-order valence-electron chi connectivity index (χ4n) is 3.16. The largest absolute Gasteiger partial charge is 0.492 e. The van der Waals surface area contributed by atoms with Crippen LogP contribution < -0.4 is 10.1 Å². The van der Waals surface area contributed by atoms with Gasteiger partial charge < -0.3 is 10.1 Å². The molecule has 0 aliphatic heterocycles. The van der Waals surface area contributed by atoms with Crippen LogP contribution in [0, 0.1) is 0 Å². The van der Waals surface area contributed by atoms with Crippen LogP contribution in [0.2, 0.25) is 0 Å². The summed E-state index contributed by atoms with van der Waals surface area (Å²) in [4.78, 5) is 16.7. The molecule has 32 heavy (non-hydrogen) atoms. The number of hydrogen-bond acceptors (Lipinski definition) is 6. The lowest BCUT2D eigenvalue weighted by atomic mass is 10.2. The molecule has 8 heteroatoms. The molecule has 0 unspecified atom stereocenters. The van der Waals surface area contributed by atoms with Gasteiger partial charge in [0.2, 0.25) is 5.91 Å². The summed E-state index contributed by atoms with van der Waals surface area (Å²) in [5.41, 5.74) is 2.69. The van der Waals surface area contributed by atoms with Gasteiger partial charge in [0.25, 0.3) is 0 Å². The summed E-state index contributed by atoms with van der Waals surface area (Å²) in [5.74, 6) is 1.50. The highest BCUT2D eigenvalue weighted by molar-refractivity contribution is 7.99. The Hall–Kier alpha value is -3.65. The van der Waals surface area contributed by atoms with Crippen LogP contribution in [0.4, 0.5) is 0 Å². The summed E-state index contributed by atoms with van der Waals surface area (Å²) in [6.07, 6.45) is 3.45. The van der Waals surface area contributed by atoms with E-state index in [1.54, 1.807) is 12.4 Å². The summed E-state index contributed by atoms with van der Waals surface area (Å²) in [5, 5.41) is 12.3. The molecule has 0 aliphatic carbocycles. The number of carbonyl (C=O) groups excluding carboxylic acids is 1. The van der Waals surface area contributed by atoms with Gasteiger partial charge >= 0.3 is 0 Å². The Kier molecular flexibility index (Phi) is 7.14. The number of carbonyl (C=O) groups is 1. The molecule has 0 bridgehead atoms. The summed E-state index contributed by atoms with van der Waals surface area (Å²) < 4.78 is 7.75. The lowest BCUT2D eigenvalue weighted by Gasteiger charge is -2.14. The van der Waals surface area contributed by atoms with E-state index in [4.69, 9.17) is 4.74 Å². The van der Waals surface area contributed by atoms with Gasteiger partial charge in [0.05, 0.1) is 18.0 Å². The van der Waals surface area contributed by atoms with Crippen LogP contribution in [0.3, 0.4) is 0 Å². The molecule has 162 valence electrons. The molecule has 4 rings (SSSR count). The molecule has 0 saturated carbocycles. The minimum atomic E-state index is -0.0746. The van der Waals surface area contributed by atoms with Crippen molar-refractivity contribution in [1.82, 2.24) is 25.1 Å². The molecule has 2 aromatic carbocycles. The van der Waals surface area contributed by atoms with Gasteiger partial charge in [0, 0.05) is 24.5 Å². The minimum Gasteiger partial charge on any atom is -0.492 e. The molecule has 2 heterocycles. The van der Waals surface area contributed by atoms with E-state index in [0.717, 1.165) is 22.6 Å². The van der Waals surface area contributed by atoms with E-state index in [9.17, 15) is 4.79 Å². The monoisotopic (exact) mass is 445 g/mol. The third-order valence-corrected chi connectivity index (χ3v) is 5.55. The standard InChI is InChI=1S/C24H23N5O2S/c1-2-31-21-13-7-6-12-20(21)29-23(19-11-8-14-25-16-19)27-28-24(29)32-17-22(30)26-15-18-9-4-3-5-10-18/h3-14,16H,2,15,17H2,1H3,(H,26,30). The van der Waals surface area contributed by atoms with Crippen molar-refractivity contribution in [3.05, 3.63) is 84.7 Å². The molecule has 7 nitrogen and oxygen atoms in total. The number of nitrogens with one attached hydrogen (secondary N) is 1. The number of pyridine rings is 1. The van der Waals surface area contributed by atoms with Crippen molar-refractivity contribution in [2.75, 3.05) is 12.4 Å².